The highest BCUT2D eigenvalue weighted by molar-refractivity contribution is 5.76. The number of nitrogens with zero attached hydrogens (tertiary/aromatic N) is 4. The monoisotopic (exact) mass is 268 g/mol. The van der Waals surface area contributed by atoms with Gasteiger partial charge in [-0.15, -0.1) is 0 Å². The number of benzene rings is 1. The lowest BCUT2D eigenvalue weighted by molar-refractivity contribution is 0.606. The molecule has 2 aromatic rings. The first-order valence-corrected chi connectivity index (χ1v) is 6.97. The average Bonchev–Trinajstić information content (AvgIpc) is 2.42. The molecule has 4 heteroatoms. The molecule has 4 nitrogen and oxygen atoms in total. The van der Waals surface area contributed by atoms with Gasteiger partial charge in [-0.25, -0.2) is 9.97 Å². The van der Waals surface area contributed by atoms with E-state index < -0.39 is 0 Å². The molecule has 2 rings (SSSR count). The maximum Gasteiger partial charge on any atom is 0.150 e. The van der Waals surface area contributed by atoms with Gasteiger partial charge in [-0.05, 0) is 25.0 Å². The number of hydrogen-bond donors (Lipinski definition) is 0. The number of nitriles is 1. The van der Waals surface area contributed by atoms with E-state index in [1.807, 2.05) is 31.2 Å². The molecule has 0 radical (unpaired) electrons. The van der Waals surface area contributed by atoms with Crippen LogP contribution in [-0.4, -0.2) is 23.1 Å². The SMILES string of the molecule is Cc1nc2ccccc2nc1N(CCC#N)CC(C)C. The summed E-state index contributed by atoms with van der Waals surface area (Å²) in [5.74, 6) is 1.41. The lowest BCUT2D eigenvalue weighted by atomic mass is 10.2. The summed E-state index contributed by atoms with van der Waals surface area (Å²) in [6, 6.07) is 10.1. The zero-order valence-electron chi connectivity index (χ0n) is 12.3. The number of aryl methyl sites for hydroxylation is 1. The van der Waals surface area contributed by atoms with Crippen LogP contribution in [0.25, 0.3) is 11.0 Å². The van der Waals surface area contributed by atoms with E-state index in [9.17, 15) is 0 Å². The average molecular weight is 268 g/mol. The summed E-state index contributed by atoms with van der Waals surface area (Å²) in [5.41, 5.74) is 2.74. The molecule has 20 heavy (non-hydrogen) atoms. The maximum absolute atomic E-state index is 8.82. The van der Waals surface area contributed by atoms with Crippen molar-refractivity contribution in [2.24, 2.45) is 5.92 Å². The smallest absolute Gasteiger partial charge is 0.150 e. The van der Waals surface area contributed by atoms with Gasteiger partial charge in [0, 0.05) is 13.1 Å². The Morgan fingerprint density at radius 1 is 1.20 bits per heavy atom. The third-order valence-electron chi connectivity index (χ3n) is 3.10. The van der Waals surface area contributed by atoms with Crippen LogP contribution >= 0.6 is 0 Å². The molecule has 0 spiro atoms. The van der Waals surface area contributed by atoms with Gasteiger partial charge >= 0.3 is 0 Å². The van der Waals surface area contributed by atoms with E-state index in [-0.39, 0.29) is 0 Å². The van der Waals surface area contributed by atoms with Gasteiger partial charge in [0.05, 0.1) is 29.2 Å². The van der Waals surface area contributed by atoms with Crippen LogP contribution in [0.2, 0.25) is 0 Å². The lowest BCUT2D eigenvalue weighted by Gasteiger charge is -2.26. The Hall–Kier alpha value is -2.15. The second-order valence-corrected chi connectivity index (χ2v) is 5.37. The zero-order valence-corrected chi connectivity index (χ0v) is 12.3. The molecule has 0 fully saturated rings. The van der Waals surface area contributed by atoms with E-state index in [2.05, 4.69) is 29.8 Å². The minimum Gasteiger partial charge on any atom is -0.354 e. The van der Waals surface area contributed by atoms with Crippen LogP contribution in [0.15, 0.2) is 24.3 Å². The Kier molecular flexibility index (Phi) is 4.52. The summed E-state index contributed by atoms with van der Waals surface area (Å²) in [6.45, 7) is 7.90. The second kappa shape index (κ2) is 6.33. The summed E-state index contributed by atoms with van der Waals surface area (Å²) in [7, 11) is 0. The van der Waals surface area contributed by atoms with Gasteiger partial charge in [-0.3, -0.25) is 0 Å². The second-order valence-electron chi connectivity index (χ2n) is 5.37. The molecule has 1 heterocycles. The summed E-state index contributed by atoms with van der Waals surface area (Å²) in [5, 5.41) is 8.82. The molecule has 0 saturated carbocycles. The van der Waals surface area contributed by atoms with Crippen molar-refractivity contribution < 1.29 is 0 Å². The summed E-state index contributed by atoms with van der Waals surface area (Å²) in [6.07, 6.45) is 0.501. The third-order valence-corrected chi connectivity index (χ3v) is 3.10. The molecule has 0 N–H and O–H groups in total. The molecule has 0 bridgehead atoms. The topological polar surface area (TPSA) is 52.8 Å². The Bertz CT molecular complexity index is 628. The fourth-order valence-electron chi connectivity index (χ4n) is 2.29. The van der Waals surface area contributed by atoms with Crippen molar-refractivity contribution in [1.29, 1.82) is 5.26 Å². The largest absolute Gasteiger partial charge is 0.354 e. The van der Waals surface area contributed by atoms with Gasteiger partial charge in [0.25, 0.3) is 0 Å². The standard InChI is InChI=1S/C16H20N4/c1-12(2)11-20(10-6-9-17)16-13(3)18-14-7-4-5-8-15(14)19-16/h4-5,7-8,12H,6,10-11H2,1-3H3. The molecule has 0 aliphatic heterocycles. The first kappa shape index (κ1) is 14.3. The fourth-order valence-corrected chi connectivity index (χ4v) is 2.29. The van der Waals surface area contributed by atoms with Crippen LogP contribution < -0.4 is 4.90 Å². The van der Waals surface area contributed by atoms with E-state index in [1.54, 1.807) is 0 Å². The summed E-state index contributed by atoms with van der Waals surface area (Å²) in [4.78, 5) is 11.5. The first-order valence-electron chi connectivity index (χ1n) is 6.97. The van der Waals surface area contributed by atoms with Crippen LogP contribution in [0.5, 0.6) is 0 Å². The van der Waals surface area contributed by atoms with Gasteiger partial charge in [0.2, 0.25) is 0 Å². The van der Waals surface area contributed by atoms with Crippen LogP contribution in [0.1, 0.15) is 26.0 Å². The number of hydrogen-bond acceptors (Lipinski definition) is 4. The number of rotatable bonds is 5. The Balaban J connectivity index is 2.40. The quantitative estimate of drug-likeness (QED) is 0.834. The molecule has 1 aromatic heterocycles. The van der Waals surface area contributed by atoms with Crippen LogP contribution in [-0.2, 0) is 0 Å². The first-order chi connectivity index (χ1) is 9.61. The number of fused-ring (bicyclic) bond motifs is 1. The Labute approximate surface area is 120 Å². The highest BCUT2D eigenvalue weighted by Gasteiger charge is 2.14. The van der Waals surface area contributed by atoms with Crippen molar-refractivity contribution in [2.45, 2.75) is 27.2 Å². The molecule has 0 atom stereocenters. The third kappa shape index (κ3) is 3.24. The van der Waals surface area contributed by atoms with Crippen LogP contribution in [0.3, 0.4) is 0 Å². The maximum atomic E-state index is 8.82. The highest BCUT2D eigenvalue weighted by Crippen LogP contribution is 2.21. The summed E-state index contributed by atoms with van der Waals surface area (Å²) < 4.78 is 0. The van der Waals surface area contributed by atoms with Crippen molar-refractivity contribution in [3.63, 3.8) is 0 Å². The molecule has 104 valence electrons. The van der Waals surface area contributed by atoms with Crippen molar-refractivity contribution >= 4 is 16.9 Å². The molecule has 0 unspecified atom stereocenters. The number of para-hydroxylation sites is 2. The van der Waals surface area contributed by atoms with Gasteiger partial charge < -0.3 is 4.90 Å². The van der Waals surface area contributed by atoms with Gasteiger partial charge in [-0.2, -0.15) is 5.26 Å². The summed E-state index contributed by atoms with van der Waals surface area (Å²) >= 11 is 0. The Morgan fingerprint density at radius 2 is 1.85 bits per heavy atom. The van der Waals surface area contributed by atoms with Gasteiger partial charge in [-0.1, -0.05) is 26.0 Å². The van der Waals surface area contributed by atoms with Crippen molar-refractivity contribution in [3.05, 3.63) is 30.0 Å². The predicted molar refractivity (Wildman–Crippen MR) is 81.6 cm³/mol. The van der Waals surface area contributed by atoms with E-state index in [1.165, 1.54) is 0 Å². The molecule has 0 aliphatic rings. The Morgan fingerprint density at radius 3 is 2.45 bits per heavy atom. The van der Waals surface area contributed by atoms with Crippen molar-refractivity contribution in [2.75, 3.05) is 18.0 Å². The number of anilines is 1. The van der Waals surface area contributed by atoms with Crippen molar-refractivity contribution in [3.8, 4) is 6.07 Å². The molecular formula is C16H20N4. The molecule has 0 saturated heterocycles. The lowest BCUT2D eigenvalue weighted by Crippen LogP contribution is -2.30. The van der Waals surface area contributed by atoms with Crippen molar-refractivity contribution in [1.82, 2.24) is 9.97 Å². The van der Waals surface area contributed by atoms with Crippen LogP contribution in [0.4, 0.5) is 5.82 Å². The normalized spacial score (nSPS) is 10.8. The van der Waals surface area contributed by atoms with Crippen LogP contribution in [0, 0.1) is 24.2 Å². The zero-order chi connectivity index (χ0) is 14.5. The number of aromatic nitrogens is 2. The molecule has 1 aromatic carbocycles. The fraction of sp³-hybridized carbons (Fsp3) is 0.438. The van der Waals surface area contributed by atoms with E-state index in [0.717, 1.165) is 29.1 Å². The highest BCUT2D eigenvalue weighted by atomic mass is 15.2. The molecule has 0 amide bonds. The molecular weight excluding hydrogens is 248 g/mol. The predicted octanol–water partition coefficient (Wildman–Crippen LogP) is 3.31. The van der Waals surface area contributed by atoms with E-state index in [0.29, 0.717) is 18.9 Å². The minimum absolute atomic E-state index is 0.501. The van der Waals surface area contributed by atoms with E-state index >= 15 is 0 Å². The van der Waals surface area contributed by atoms with E-state index in [4.69, 9.17) is 10.2 Å². The minimum atomic E-state index is 0.501. The van der Waals surface area contributed by atoms with Gasteiger partial charge in [0.15, 0.2) is 5.82 Å². The molecule has 0 aliphatic carbocycles. The van der Waals surface area contributed by atoms with Gasteiger partial charge in [0.1, 0.15) is 0 Å².